The summed E-state index contributed by atoms with van der Waals surface area (Å²) in [6, 6.07) is 14.4. The molecule has 4 rings (SSSR count). The summed E-state index contributed by atoms with van der Waals surface area (Å²) in [6.07, 6.45) is 7.24. The van der Waals surface area contributed by atoms with Gasteiger partial charge in [-0.2, -0.15) is 0 Å². The monoisotopic (exact) mass is 439 g/mol. The highest BCUT2D eigenvalue weighted by atomic mass is 32.1. The van der Waals surface area contributed by atoms with E-state index in [1.807, 2.05) is 28.5 Å². The first-order chi connectivity index (χ1) is 15.2. The molecule has 1 aromatic carbocycles. The molecule has 1 N–H and O–H groups in total. The Bertz CT molecular complexity index is 847. The standard InChI is InChI=1S/C25H33N3O2S/c29-23-19-25(12-5-2-6-13-25)28(20-21-9-3-1-4-10-21)16-8-15-27(17-14-26-23)24(30)22-11-7-18-31-22/h1,3-4,7,9-11,18H,2,5-6,8,12-17,19-20H2,(H,26,29). The Labute approximate surface area is 189 Å². The number of nitrogens with one attached hydrogen (secondary N) is 1. The molecule has 0 radical (unpaired) electrons. The van der Waals surface area contributed by atoms with Gasteiger partial charge in [0.25, 0.3) is 5.91 Å². The van der Waals surface area contributed by atoms with Gasteiger partial charge in [-0.15, -0.1) is 11.3 Å². The average molecular weight is 440 g/mol. The van der Waals surface area contributed by atoms with E-state index < -0.39 is 0 Å². The number of carbonyl (C=O) groups excluding carboxylic acids is 2. The molecule has 31 heavy (non-hydrogen) atoms. The van der Waals surface area contributed by atoms with Crippen molar-refractivity contribution in [3.8, 4) is 0 Å². The van der Waals surface area contributed by atoms with Crippen molar-refractivity contribution in [3.05, 3.63) is 58.3 Å². The molecule has 1 aromatic heterocycles. The molecule has 1 aliphatic heterocycles. The third kappa shape index (κ3) is 5.55. The van der Waals surface area contributed by atoms with Gasteiger partial charge in [-0.05, 0) is 36.3 Å². The van der Waals surface area contributed by atoms with E-state index in [9.17, 15) is 9.59 Å². The van der Waals surface area contributed by atoms with Crippen molar-refractivity contribution >= 4 is 23.2 Å². The minimum atomic E-state index is -0.0783. The van der Waals surface area contributed by atoms with Gasteiger partial charge in [-0.3, -0.25) is 14.5 Å². The summed E-state index contributed by atoms with van der Waals surface area (Å²) in [4.78, 5) is 31.2. The fourth-order valence-electron chi connectivity index (χ4n) is 5.12. The molecule has 5 nitrogen and oxygen atoms in total. The molecule has 166 valence electrons. The lowest BCUT2D eigenvalue weighted by atomic mass is 9.77. The van der Waals surface area contributed by atoms with E-state index in [0.29, 0.717) is 26.1 Å². The number of thiophene rings is 1. The Morgan fingerprint density at radius 1 is 0.968 bits per heavy atom. The third-order valence-corrected chi connectivity index (χ3v) is 7.60. The molecule has 2 aromatic rings. The quantitative estimate of drug-likeness (QED) is 0.776. The van der Waals surface area contributed by atoms with Crippen LogP contribution in [0.15, 0.2) is 47.8 Å². The van der Waals surface area contributed by atoms with Gasteiger partial charge in [0.15, 0.2) is 0 Å². The largest absolute Gasteiger partial charge is 0.354 e. The molecule has 2 amide bonds. The molecule has 1 spiro atoms. The molecule has 2 fully saturated rings. The predicted octanol–water partition coefficient (Wildman–Crippen LogP) is 4.31. The second kappa shape index (κ2) is 10.4. The minimum absolute atomic E-state index is 0.0745. The van der Waals surface area contributed by atoms with Crippen LogP contribution in [0.5, 0.6) is 0 Å². The summed E-state index contributed by atoms with van der Waals surface area (Å²) < 4.78 is 0. The Morgan fingerprint density at radius 2 is 1.77 bits per heavy atom. The van der Waals surface area contributed by atoms with Gasteiger partial charge in [0.1, 0.15) is 0 Å². The first kappa shape index (κ1) is 22.0. The van der Waals surface area contributed by atoms with Crippen LogP contribution in [0.2, 0.25) is 0 Å². The van der Waals surface area contributed by atoms with Crippen LogP contribution >= 0.6 is 11.3 Å². The molecule has 1 aliphatic carbocycles. The highest BCUT2D eigenvalue weighted by molar-refractivity contribution is 7.12. The Kier molecular flexibility index (Phi) is 7.41. The topological polar surface area (TPSA) is 52.7 Å². The SMILES string of the molecule is O=C1CC2(CCCCC2)N(Cc2ccccc2)CCCN(C(=O)c2cccs2)CCN1. The number of nitrogens with zero attached hydrogens (tertiary/aromatic N) is 2. The summed E-state index contributed by atoms with van der Waals surface area (Å²) in [5.41, 5.74) is 1.21. The van der Waals surface area contributed by atoms with Gasteiger partial charge in [-0.25, -0.2) is 0 Å². The van der Waals surface area contributed by atoms with Crippen molar-refractivity contribution in [2.75, 3.05) is 26.2 Å². The fourth-order valence-corrected chi connectivity index (χ4v) is 5.81. The van der Waals surface area contributed by atoms with E-state index in [4.69, 9.17) is 0 Å². The van der Waals surface area contributed by atoms with Gasteiger partial charge >= 0.3 is 0 Å². The van der Waals surface area contributed by atoms with E-state index in [1.54, 1.807) is 0 Å². The smallest absolute Gasteiger partial charge is 0.263 e. The van der Waals surface area contributed by atoms with E-state index >= 15 is 0 Å². The highest BCUT2D eigenvalue weighted by Gasteiger charge is 2.40. The first-order valence-corrected chi connectivity index (χ1v) is 12.4. The van der Waals surface area contributed by atoms with Crippen molar-refractivity contribution in [2.24, 2.45) is 0 Å². The predicted molar refractivity (Wildman–Crippen MR) is 125 cm³/mol. The minimum Gasteiger partial charge on any atom is -0.354 e. The first-order valence-electron chi connectivity index (χ1n) is 11.5. The summed E-state index contributed by atoms with van der Waals surface area (Å²) in [6.45, 7) is 3.55. The zero-order valence-electron chi connectivity index (χ0n) is 18.2. The molecule has 6 heteroatoms. The van der Waals surface area contributed by atoms with Crippen LogP contribution in [0.1, 0.15) is 60.2 Å². The van der Waals surface area contributed by atoms with Crippen molar-refractivity contribution in [1.82, 2.24) is 15.1 Å². The lowest BCUT2D eigenvalue weighted by Crippen LogP contribution is -2.52. The van der Waals surface area contributed by atoms with Gasteiger partial charge < -0.3 is 10.2 Å². The van der Waals surface area contributed by atoms with Crippen LogP contribution in [0.3, 0.4) is 0 Å². The van der Waals surface area contributed by atoms with Crippen LogP contribution in [0.4, 0.5) is 0 Å². The van der Waals surface area contributed by atoms with E-state index in [1.165, 1.54) is 36.2 Å². The van der Waals surface area contributed by atoms with Crippen molar-refractivity contribution in [3.63, 3.8) is 0 Å². The van der Waals surface area contributed by atoms with Crippen molar-refractivity contribution < 1.29 is 9.59 Å². The maximum atomic E-state index is 13.0. The van der Waals surface area contributed by atoms with Crippen LogP contribution in [-0.2, 0) is 11.3 Å². The molecule has 0 unspecified atom stereocenters. The Hall–Kier alpha value is -2.18. The number of benzene rings is 1. The number of rotatable bonds is 3. The molecule has 1 saturated carbocycles. The van der Waals surface area contributed by atoms with Crippen molar-refractivity contribution in [2.45, 2.75) is 57.0 Å². The Balaban J connectivity index is 1.55. The molecule has 2 aliphatic rings. The molecule has 0 bridgehead atoms. The number of hydrogen-bond donors (Lipinski definition) is 1. The maximum Gasteiger partial charge on any atom is 0.263 e. The molecule has 2 heterocycles. The molecule has 0 atom stereocenters. The van der Waals surface area contributed by atoms with E-state index in [2.05, 4.69) is 34.5 Å². The third-order valence-electron chi connectivity index (χ3n) is 6.74. The summed E-state index contributed by atoms with van der Waals surface area (Å²) in [7, 11) is 0. The molecule has 1 saturated heterocycles. The van der Waals surface area contributed by atoms with Gasteiger partial charge in [0.2, 0.25) is 5.91 Å². The zero-order valence-corrected chi connectivity index (χ0v) is 19.0. The second-order valence-corrected chi connectivity index (χ2v) is 9.79. The summed E-state index contributed by atoms with van der Waals surface area (Å²) >= 11 is 1.48. The maximum absolute atomic E-state index is 13.0. The summed E-state index contributed by atoms with van der Waals surface area (Å²) in [5.74, 6) is 0.191. The van der Waals surface area contributed by atoms with Crippen LogP contribution in [0, 0.1) is 0 Å². The van der Waals surface area contributed by atoms with Crippen LogP contribution in [0.25, 0.3) is 0 Å². The summed E-state index contributed by atoms with van der Waals surface area (Å²) in [5, 5.41) is 5.05. The van der Waals surface area contributed by atoms with Crippen LogP contribution in [-0.4, -0.2) is 53.3 Å². The number of amides is 2. The molecular formula is C25H33N3O2S. The average Bonchev–Trinajstić information content (AvgIpc) is 3.32. The van der Waals surface area contributed by atoms with E-state index in [0.717, 1.165) is 37.2 Å². The van der Waals surface area contributed by atoms with E-state index in [-0.39, 0.29) is 17.4 Å². The number of hydrogen-bond acceptors (Lipinski definition) is 4. The lowest BCUT2D eigenvalue weighted by Gasteiger charge is -2.46. The number of carbonyl (C=O) groups is 2. The van der Waals surface area contributed by atoms with Gasteiger partial charge in [-0.1, -0.05) is 55.7 Å². The lowest BCUT2D eigenvalue weighted by molar-refractivity contribution is -0.125. The van der Waals surface area contributed by atoms with Gasteiger partial charge in [0, 0.05) is 44.7 Å². The van der Waals surface area contributed by atoms with Crippen LogP contribution < -0.4 is 5.32 Å². The zero-order chi connectivity index (χ0) is 21.5. The van der Waals surface area contributed by atoms with Crippen molar-refractivity contribution in [1.29, 1.82) is 0 Å². The Morgan fingerprint density at radius 3 is 2.52 bits per heavy atom. The van der Waals surface area contributed by atoms with Gasteiger partial charge in [0.05, 0.1) is 4.88 Å². The second-order valence-electron chi connectivity index (χ2n) is 8.84. The highest BCUT2D eigenvalue weighted by Crippen LogP contribution is 2.38. The normalized spacial score (nSPS) is 20.8. The molecular weight excluding hydrogens is 406 g/mol. The fraction of sp³-hybridized carbons (Fsp3) is 0.520.